The van der Waals surface area contributed by atoms with Crippen molar-refractivity contribution in [2.75, 3.05) is 11.9 Å². The molecule has 2 rings (SSSR count). The number of carbonyl (C=O) groups excluding carboxylic acids is 2. The minimum atomic E-state index is -0.827. The number of amides is 2. The van der Waals surface area contributed by atoms with Crippen LogP contribution in [0.5, 0.6) is 5.75 Å². The van der Waals surface area contributed by atoms with Crippen molar-refractivity contribution in [3.8, 4) is 5.75 Å². The summed E-state index contributed by atoms with van der Waals surface area (Å²) in [6, 6.07) is 9.96. The molecule has 6 heteroatoms. The van der Waals surface area contributed by atoms with Gasteiger partial charge in [-0.25, -0.2) is 0 Å². The SMILES string of the molecule is CC(O)CNC(=O)C(=O)Nc1cccc2c(O)cccc12. The average Bonchev–Trinajstić information content (AvgIpc) is 2.45. The molecule has 2 aromatic rings. The molecule has 21 heavy (non-hydrogen) atoms. The summed E-state index contributed by atoms with van der Waals surface area (Å²) in [6.45, 7) is 1.51. The Bertz CT molecular complexity index is 682. The Morgan fingerprint density at radius 2 is 1.76 bits per heavy atom. The first-order valence-corrected chi connectivity index (χ1v) is 6.47. The molecule has 0 aliphatic rings. The van der Waals surface area contributed by atoms with Gasteiger partial charge in [-0.15, -0.1) is 0 Å². The van der Waals surface area contributed by atoms with Gasteiger partial charge in [0.25, 0.3) is 0 Å². The smallest absolute Gasteiger partial charge is 0.313 e. The van der Waals surface area contributed by atoms with Gasteiger partial charge in [-0.1, -0.05) is 24.3 Å². The topological polar surface area (TPSA) is 98.7 Å². The number of hydrogen-bond acceptors (Lipinski definition) is 4. The maximum absolute atomic E-state index is 11.8. The molecule has 0 spiro atoms. The van der Waals surface area contributed by atoms with Crippen molar-refractivity contribution in [1.82, 2.24) is 5.32 Å². The van der Waals surface area contributed by atoms with E-state index in [4.69, 9.17) is 5.11 Å². The first-order chi connectivity index (χ1) is 9.99. The second-order valence-corrected chi connectivity index (χ2v) is 4.69. The van der Waals surface area contributed by atoms with Crippen LogP contribution < -0.4 is 10.6 Å². The van der Waals surface area contributed by atoms with Gasteiger partial charge >= 0.3 is 11.8 Å². The van der Waals surface area contributed by atoms with Crippen LogP contribution in [-0.4, -0.2) is 34.7 Å². The zero-order valence-electron chi connectivity index (χ0n) is 11.5. The summed E-state index contributed by atoms with van der Waals surface area (Å²) in [5.74, 6) is -1.55. The highest BCUT2D eigenvalue weighted by atomic mass is 16.3. The van der Waals surface area contributed by atoms with Crippen LogP contribution in [-0.2, 0) is 9.59 Å². The Balaban J connectivity index is 2.18. The van der Waals surface area contributed by atoms with Gasteiger partial charge in [0.05, 0.1) is 6.10 Å². The molecule has 2 amide bonds. The first kappa shape index (κ1) is 14.8. The summed E-state index contributed by atoms with van der Waals surface area (Å²) >= 11 is 0. The van der Waals surface area contributed by atoms with Crippen LogP contribution in [0.15, 0.2) is 36.4 Å². The number of aliphatic hydroxyl groups excluding tert-OH is 1. The van der Waals surface area contributed by atoms with Crippen molar-refractivity contribution in [1.29, 1.82) is 0 Å². The zero-order valence-corrected chi connectivity index (χ0v) is 11.5. The molecule has 0 fully saturated rings. The van der Waals surface area contributed by atoms with Gasteiger partial charge in [-0.05, 0) is 19.1 Å². The third-order valence-corrected chi connectivity index (χ3v) is 2.91. The van der Waals surface area contributed by atoms with Crippen molar-refractivity contribution in [3.05, 3.63) is 36.4 Å². The van der Waals surface area contributed by atoms with Gasteiger partial charge in [-0.3, -0.25) is 9.59 Å². The average molecular weight is 288 g/mol. The number of rotatable bonds is 3. The zero-order chi connectivity index (χ0) is 15.4. The summed E-state index contributed by atoms with van der Waals surface area (Å²) in [5, 5.41) is 24.9. The third kappa shape index (κ3) is 3.49. The summed E-state index contributed by atoms with van der Waals surface area (Å²) in [7, 11) is 0. The lowest BCUT2D eigenvalue weighted by Crippen LogP contribution is -2.38. The molecular weight excluding hydrogens is 272 g/mol. The highest BCUT2D eigenvalue weighted by Crippen LogP contribution is 2.29. The lowest BCUT2D eigenvalue weighted by atomic mass is 10.1. The van der Waals surface area contributed by atoms with Crippen LogP contribution in [0.4, 0.5) is 5.69 Å². The maximum Gasteiger partial charge on any atom is 0.313 e. The predicted octanol–water partition coefficient (Wildman–Crippen LogP) is 0.981. The Morgan fingerprint density at radius 1 is 1.10 bits per heavy atom. The van der Waals surface area contributed by atoms with Crippen molar-refractivity contribution < 1.29 is 19.8 Å². The molecule has 0 saturated heterocycles. The molecule has 1 unspecified atom stereocenters. The van der Waals surface area contributed by atoms with E-state index in [0.717, 1.165) is 0 Å². The standard InChI is InChI=1S/C15H16N2O4/c1-9(18)8-16-14(20)15(21)17-12-6-2-5-11-10(12)4-3-7-13(11)19/h2-7,9,18-19H,8H2,1H3,(H,16,20)(H,17,21). The second kappa shape index (κ2) is 6.23. The molecule has 0 heterocycles. The van der Waals surface area contributed by atoms with Crippen molar-refractivity contribution in [3.63, 3.8) is 0 Å². The van der Waals surface area contributed by atoms with Gasteiger partial charge in [-0.2, -0.15) is 0 Å². The molecule has 0 bridgehead atoms. The quantitative estimate of drug-likeness (QED) is 0.633. The van der Waals surface area contributed by atoms with E-state index in [1.165, 1.54) is 6.92 Å². The number of phenolic OH excluding ortho intramolecular Hbond substituents is 1. The lowest BCUT2D eigenvalue weighted by Gasteiger charge is -2.10. The van der Waals surface area contributed by atoms with Gasteiger partial charge < -0.3 is 20.8 Å². The van der Waals surface area contributed by atoms with E-state index in [0.29, 0.717) is 16.5 Å². The fourth-order valence-electron chi connectivity index (χ4n) is 1.90. The largest absolute Gasteiger partial charge is 0.507 e. The van der Waals surface area contributed by atoms with Gasteiger partial charge in [0.2, 0.25) is 0 Å². The maximum atomic E-state index is 11.8. The number of carbonyl (C=O) groups is 2. The number of nitrogens with one attached hydrogen (secondary N) is 2. The highest BCUT2D eigenvalue weighted by Gasteiger charge is 2.15. The fraction of sp³-hybridized carbons (Fsp3) is 0.200. The van der Waals surface area contributed by atoms with E-state index in [-0.39, 0.29) is 12.3 Å². The van der Waals surface area contributed by atoms with E-state index >= 15 is 0 Å². The highest BCUT2D eigenvalue weighted by molar-refractivity contribution is 6.40. The number of aliphatic hydroxyl groups is 1. The van der Waals surface area contributed by atoms with E-state index in [1.54, 1.807) is 36.4 Å². The lowest BCUT2D eigenvalue weighted by molar-refractivity contribution is -0.136. The second-order valence-electron chi connectivity index (χ2n) is 4.69. The van der Waals surface area contributed by atoms with E-state index in [9.17, 15) is 14.7 Å². The molecule has 4 N–H and O–H groups in total. The molecule has 110 valence electrons. The molecule has 6 nitrogen and oxygen atoms in total. The Kier molecular flexibility index (Phi) is 4.39. The van der Waals surface area contributed by atoms with Gasteiger partial charge in [0.1, 0.15) is 5.75 Å². The normalized spacial score (nSPS) is 11.9. The van der Waals surface area contributed by atoms with Crippen LogP contribution in [0, 0.1) is 0 Å². The van der Waals surface area contributed by atoms with Crippen LogP contribution in [0.25, 0.3) is 10.8 Å². The Labute approximate surface area is 121 Å². The number of aromatic hydroxyl groups is 1. The van der Waals surface area contributed by atoms with Crippen molar-refractivity contribution in [2.45, 2.75) is 13.0 Å². The summed E-state index contributed by atoms with van der Waals surface area (Å²) in [4.78, 5) is 23.4. The van der Waals surface area contributed by atoms with Crippen LogP contribution in [0.2, 0.25) is 0 Å². The summed E-state index contributed by atoms with van der Waals surface area (Å²) in [5.41, 5.74) is 0.431. The predicted molar refractivity (Wildman–Crippen MR) is 78.9 cm³/mol. The summed E-state index contributed by atoms with van der Waals surface area (Å²) in [6.07, 6.45) is -0.726. The number of hydrogen-bond donors (Lipinski definition) is 4. The molecule has 0 aliphatic carbocycles. The van der Waals surface area contributed by atoms with Crippen LogP contribution in [0.1, 0.15) is 6.92 Å². The van der Waals surface area contributed by atoms with Crippen LogP contribution in [0.3, 0.4) is 0 Å². The van der Waals surface area contributed by atoms with Crippen molar-refractivity contribution >= 4 is 28.3 Å². The minimum Gasteiger partial charge on any atom is -0.507 e. The third-order valence-electron chi connectivity index (χ3n) is 2.91. The van der Waals surface area contributed by atoms with Crippen LogP contribution >= 0.6 is 0 Å². The number of fused-ring (bicyclic) bond motifs is 1. The number of anilines is 1. The number of phenols is 1. The van der Waals surface area contributed by atoms with Gasteiger partial charge in [0.15, 0.2) is 0 Å². The molecule has 0 radical (unpaired) electrons. The Hall–Kier alpha value is -2.60. The fourth-order valence-corrected chi connectivity index (χ4v) is 1.90. The van der Waals surface area contributed by atoms with Gasteiger partial charge in [0, 0.05) is 23.0 Å². The van der Waals surface area contributed by atoms with Crippen molar-refractivity contribution in [2.24, 2.45) is 0 Å². The number of benzene rings is 2. The molecule has 2 aromatic carbocycles. The molecular formula is C15H16N2O4. The molecule has 0 aromatic heterocycles. The molecule has 0 saturated carbocycles. The monoisotopic (exact) mass is 288 g/mol. The summed E-state index contributed by atoms with van der Waals surface area (Å²) < 4.78 is 0. The van der Waals surface area contributed by atoms with E-state index < -0.39 is 17.9 Å². The van der Waals surface area contributed by atoms with E-state index in [2.05, 4.69) is 10.6 Å². The minimum absolute atomic E-state index is 0.00256. The van der Waals surface area contributed by atoms with E-state index in [1.807, 2.05) is 0 Å². The molecule has 1 atom stereocenters. The Morgan fingerprint density at radius 3 is 2.48 bits per heavy atom. The molecule has 0 aliphatic heterocycles. The first-order valence-electron chi connectivity index (χ1n) is 6.47.